The maximum atomic E-state index is 13.4. The summed E-state index contributed by atoms with van der Waals surface area (Å²) in [6.45, 7) is 1.61. The number of amides is 1. The van der Waals surface area contributed by atoms with Crippen LogP contribution in [0.2, 0.25) is 0 Å². The maximum absolute atomic E-state index is 13.4. The summed E-state index contributed by atoms with van der Waals surface area (Å²) in [7, 11) is 0. The highest BCUT2D eigenvalue weighted by Gasteiger charge is 2.53. The number of ether oxygens (including phenoxy) is 6. The molecule has 0 bridgehead atoms. The van der Waals surface area contributed by atoms with E-state index in [9.17, 15) is 61.0 Å². The van der Waals surface area contributed by atoms with Crippen LogP contribution >= 0.6 is 0 Å². The molecule has 17 unspecified atom stereocenters. The van der Waals surface area contributed by atoms with Gasteiger partial charge in [0, 0.05) is 6.42 Å². The van der Waals surface area contributed by atoms with Crippen LogP contribution in [-0.4, -0.2) is 193 Å². The quantitative estimate of drug-likeness (QED) is 0.0199. The smallest absolute Gasteiger partial charge is 0.220 e. The second-order valence-corrected chi connectivity index (χ2v) is 26.4. The number of rotatable bonds is 57. The van der Waals surface area contributed by atoms with E-state index in [1.165, 1.54) is 154 Å². The summed E-state index contributed by atoms with van der Waals surface area (Å²) in [5.41, 5.74) is 0. The summed E-state index contributed by atoms with van der Waals surface area (Å²) < 4.78 is 34.4. The predicted octanol–water partition coefficient (Wildman–Crippen LogP) is 11.1. The van der Waals surface area contributed by atoms with Gasteiger partial charge >= 0.3 is 0 Å². The molecule has 0 aromatic carbocycles. The number of hydrogen-bond donors (Lipinski definition) is 12. The molecule has 12 N–H and O–H groups in total. The average molecular weight is 1350 g/mol. The SMILES string of the molecule is CC/C=C\C/C=C\C/C=C\C/C=C\C/C=C\CCCCCCCCCCCCCCCCCC(=O)NC(COC1OC(CO)C(OC2OC(CO)C(OC3OC(CO)C(O)C(O)C3O)C(O)C2O)C(O)C1O)C(O)/C=C/CC/C=C/CCCCCCCCCCCCCCC. The molecule has 3 saturated heterocycles. The van der Waals surface area contributed by atoms with Crippen LogP contribution in [0, 0.1) is 0 Å². The first-order chi connectivity index (χ1) is 46.3. The first-order valence-electron chi connectivity index (χ1n) is 37.3. The fourth-order valence-corrected chi connectivity index (χ4v) is 12.2. The van der Waals surface area contributed by atoms with Crippen LogP contribution in [-0.2, 0) is 33.2 Å². The molecule has 17 atom stereocenters. The van der Waals surface area contributed by atoms with Crippen LogP contribution in [0.1, 0.15) is 258 Å². The molecule has 550 valence electrons. The summed E-state index contributed by atoms with van der Waals surface area (Å²) in [5.74, 6) is -0.287. The summed E-state index contributed by atoms with van der Waals surface area (Å²) >= 11 is 0. The molecule has 3 fully saturated rings. The van der Waals surface area contributed by atoms with Gasteiger partial charge in [0.2, 0.25) is 5.91 Å². The van der Waals surface area contributed by atoms with E-state index in [-0.39, 0.29) is 18.9 Å². The van der Waals surface area contributed by atoms with Gasteiger partial charge in [-0.25, -0.2) is 0 Å². The van der Waals surface area contributed by atoms with Crippen molar-refractivity contribution in [1.29, 1.82) is 0 Å². The second-order valence-electron chi connectivity index (χ2n) is 26.4. The number of nitrogens with one attached hydrogen (secondary N) is 1. The molecule has 3 aliphatic heterocycles. The standard InChI is InChI=1S/C76H133NO18/c1-3-5-7-9-11-13-15-17-19-21-23-24-25-26-27-28-29-30-31-32-33-34-36-38-40-42-44-46-48-50-52-54-64(82)77-59(60(81)53-51-49-47-45-43-41-39-37-35-22-20-18-16-14-12-10-8-6-4-2)58-90-74-70(88)67(85)72(62(56-79)92-74)95-76-71(89)68(86)73(63(57-80)93-76)94-75-69(87)66(84)65(83)61(55-78)91-75/h5,7,11,13,17,19,23-24,26-27,43,45,51,53,59-63,65-76,78-81,83-89H,3-4,6,8-10,12,14-16,18,20-22,25,28-42,44,46-50,52,54-58H2,1-2H3,(H,77,82)/b7-5-,13-11-,19-17-,24-23-,27-26-,45-43+,53-51+. The molecule has 19 nitrogen and oxygen atoms in total. The lowest BCUT2D eigenvalue weighted by Gasteiger charge is -2.48. The van der Waals surface area contributed by atoms with E-state index < -0.39 is 124 Å². The van der Waals surface area contributed by atoms with Gasteiger partial charge in [-0.2, -0.15) is 0 Å². The van der Waals surface area contributed by atoms with E-state index in [0.717, 1.165) is 70.6 Å². The highest BCUT2D eigenvalue weighted by Crippen LogP contribution is 2.33. The number of aliphatic hydroxyl groups excluding tert-OH is 11. The Hall–Kier alpha value is -3.03. The van der Waals surface area contributed by atoms with Crippen molar-refractivity contribution < 1.29 is 89.4 Å². The van der Waals surface area contributed by atoms with E-state index in [1.807, 2.05) is 6.08 Å². The molecule has 0 aliphatic carbocycles. The van der Waals surface area contributed by atoms with E-state index in [1.54, 1.807) is 6.08 Å². The van der Waals surface area contributed by atoms with Gasteiger partial charge in [0.05, 0.1) is 38.6 Å². The molecule has 95 heavy (non-hydrogen) atoms. The summed E-state index contributed by atoms with van der Waals surface area (Å²) in [5, 5.41) is 121. The predicted molar refractivity (Wildman–Crippen MR) is 374 cm³/mol. The number of carbonyl (C=O) groups is 1. The molecular formula is C76H133NO18. The average Bonchev–Trinajstić information content (AvgIpc) is 0.787. The number of allylic oxidation sites excluding steroid dienone is 13. The minimum atomic E-state index is -1.98. The van der Waals surface area contributed by atoms with Crippen molar-refractivity contribution in [3.8, 4) is 0 Å². The summed E-state index contributed by atoms with van der Waals surface area (Å²) in [4.78, 5) is 13.4. The first kappa shape index (κ1) is 86.2. The van der Waals surface area contributed by atoms with Gasteiger partial charge in [-0.15, -0.1) is 0 Å². The Bertz CT molecular complexity index is 2050. The third kappa shape index (κ3) is 37.8. The van der Waals surface area contributed by atoms with Gasteiger partial charge in [0.25, 0.3) is 0 Å². The van der Waals surface area contributed by atoms with Crippen LogP contribution < -0.4 is 5.32 Å². The largest absolute Gasteiger partial charge is 0.394 e. The molecule has 3 rings (SSSR count). The number of carbonyl (C=O) groups excluding carboxylic acids is 1. The molecule has 0 saturated carbocycles. The van der Waals surface area contributed by atoms with E-state index in [0.29, 0.717) is 12.8 Å². The highest BCUT2D eigenvalue weighted by atomic mass is 16.8. The third-order valence-corrected chi connectivity index (χ3v) is 18.2. The summed E-state index contributed by atoms with van der Waals surface area (Å²) in [6.07, 6.45) is 47.0. The van der Waals surface area contributed by atoms with Crippen molar-refractivity contribution in [2.75, 3.05) is 26.4 Å². The van der Waals surface area contributed by atoms with Crippen LogP contribution in [0.15, 0.2) is 85.1 Å². The molecule has 3 heterocycles. The number of unbranched alkanes of at least 4 members (excludes halogenated alkanes) is 29. The Morgan fingerprint density at radius 1 is 0.389 bits per heavy atom. The molecule has 1 amide bonds. The van der Waals surface area contributed by atoms with E-state index in [2.05, 4.69) is 92.1 Å². The molecule has 0 aromatic rings. The Kier molecular flexibility index (Phi) is 51.4. The third-order valence-electron chi connectivity index (χ3n) is 18.2. The number of hydrogen-bond acceptors (Lipinski definition) is 18. The van der Waals surface area contributed by atoms with Crippen LogP contribution in [0.4, 0.5) is 0 Å². The Morgan fingerprint density at radius 3 is 1.18 bits per heavy atom. The van der Waals surface area contributed by atoms with Crippen molar-refractivity contribution in [3.05, 3.63) is 85.1 Å². The number of aliphatic hydroxyl groups is 11. The zero-order valence-electron chi connectivity index (χ0n) is 58.4. The zero-order chi connectivity index (χ0) is 68.9. The van der Waals surface area contributed by atoms with E-state index in [4.69, 9.17) is 28.4 Å². The Morgan fingerprint density at radius 2 is 0.737 bits per heavy atom. The van der Waals surface area contributed by atoms with Crippen LogP contribution in [0.3, 0.4) is 0 Å². The van der Waals surface area contributed by atoms with Gasteiger partial charge < -0.3 is 89.9 Å². The Balaban J connectivity index is 1.39. The lowest BCUT2D eigenvalue weighted by Crippen LogP contribution is -2.66. The van der Waals surface area contributed by atoms with Crippen molar-refractivity contribution in [3.63, 3.8) is 0 Å². The second kappa shape index (κ2) is 56.7. The van der Waals surface area contributed by atoms with Crippen molar-refractivity contribution in [2.24, 2.45) is 0 Å². The summed E-state index contributed by atoms with van der Waals surface area (Å²) in [6, 6.07) is -0.995. The minimum absolute atomic E-state index is 0.232. The monoisotopic (exact) mass is 1350 g/mol. The fourth-order valence-electron chi connectivity index (χ4n) is 12.2. The minimum Gasteiger partial charge on any atom is -0.394 e. The van der Waals surface area contributed by atoms with Crippen LogP contribution in [0.5, 0.6) is 0 Å². The zero-order valence-corrected chi connectivity index (χ0v) is 58.4. The van der Waals surface area contributed by atoms with Gasteiger partial charge in [-0.05, 0) is 77.0 Å². The lowest BCUT2D eigenvalue weighted by molar-refractivity contribution is -0.379. The molecule has 19 heteroatoms. The molecule has 0 aromatic heterocycles. The Labute approximate surface area is 571 Å². The maximum Gasteiger partial charge on any atom is 0.220 e. The molecule has 3 aliphatic rings. The molecule has 0 radical (unpaired) electrons. The van der Waals surface area contributed by atoms with Gasteiger partial charge in [-0.1, -0.05) is 259 Å². The van der Waals surface area contributed by atoms with Crippen LogP contribution in [0.25, 0.3) is 0 Å². The lowest BCUT2D eigenvalue weighted by atomic mass is 9.96. The molecular weight excluding hydrogens is 1210 g/mol. The first-order valence-corrected chi connectivity index (χ1v) is 37.3. The van der Waals surface area contributed by atoms with Crippen molar-refractivity contribution in [1.82, 2.24) is 5.32 Å². The topological polar surface area (TPSA) is 307 Å². The van der Waals surface area contributed by atoms with E-state index >= 15 is 0 Å². The van der Waals surface area contributed by atoms with Gasteiger partial charge in [0.1, 0.15) is 73.2 Å². The fraction of sp³-hybridized carbons (Fsp3) is 0.803. The van der Waals surface area contributed by atoms with Crippen molar-refractivity contribution in [2.45, 2.75) is 362 Å². The van der Waals surface area contributed by atoms with Gasteiger partial charge in [-0.3, -0.25) is 4.79 Å². The highest BCUT2D eigenvalue weighted by molar-refractivity contribution is 5.76. The van der Waals surface area contributed by atoms with Gasteiger partial charge in [0.15, 0.2) is 18.9 Å². The van der Waals surface area contributed by atoms with Crippen molar-refractivity contribution >= 4 is 5.91 Å². The normalized spacial score (nSPS) is 27.7. The molecule has 0 spiro atoms.